The van der Waals surface area contributed by atoms with Crippen molar-refractivity contribution in [3.8, 4) is 0 Å². The molecule has 19 heavy (non-hydrogen) atoms. The third-order valence-corrected chi connectivity index (χ3v) is 4.40. The first-order valence-electron chi connectivity index (χ1n) is 6.94. The summed E-state index contributed by atoms with van der Waals surface area (Å²) in [6.45, 7) is 5.25. The van der Waals surface area contributed by atoms with E-state index in [2.05, 4.69) is 11.8 Å². The van der Waals surface area contributed by atoms with E-state index >= 15 is 0 Å². The van der Waals surface area contributed by atoms with E-state index in [1.165, 1.54) is 0 Å². The third kappa shape index (κ3) is 4.09. The van der Waals surface area contributed by atoms with Crippen molar-refractivity contribution in [2.24, 2.45) is 5.92 Å². The molecule has 1 heterocycles. The Morgan fingerprint density at radius 2 is 2.16 bits per heavy atom. The van der Waals surface area contributed by atoms with Crippen LogP contribution in [0.25, 0.3) is 0 Å². The molecule has 1 aliphatic rings. The Morgan fingerprint density at radius 3 is 2.84 bits per heavy atom. The van der Waals surface area contributed by atoms with Crippen molar-refractivity contribution in [2.45, 2.75) is 32.3 Å². The molecule has 1 saturated heterocycles. The van der Waals surface area contributed by atoms with Gasteiger partial charge in [-0.1, -0.05) is 36.2 Å². The molecule has 0 spiro atoms. The van der Waals surface area contributed by atoms with Gasteiger partial charge in [0.25, 0.3) is 0 Å². The van der Waals surface area contributed by atoms with Crippen LogP contribution in [0.3, 0.4) is 0 Å². The summed E-state index contributed by atoms with van der Waals surface area (Å²) < 4.78 is 0. The molecule has 0 amide bonds. The average molecular weight is 302 g/mol. The number of piperidine rings is 1. The quantitative estimate of drug-likeness (QED) is 0.918. The van der Waals surface area contributed by atoms with E-state index in [9.17, 15) is 5.11 Å². The Labute approximate surface area is 125 Å². The van der Waals surface area contributed by atoms with Crippen molar-refractivity contribution in [1.82, 2.24) is 4.90 Å². The van der Waals surface area contributed by atoms with Crippen LogP contribution in [0.5, 0.6) is 0 Å². The maximum Gasteiger partial charge on any atom is 0.0596 e. The molecule has 0 aromatic heterocycles. The van der Waals surface area contributed by atoms with E-state index in [0.29, 0.717) is 10.0 Å². The maximum atomic E-state index is 10.2. The van der Waals surface area contributed by atoms with Crippen molar-refractivity contribution in [3.63, 3.8) is 0 Å². The minimum Gasteiger partial charge on any atom is -0.393 e. The summed E-state index contributed by atoms with van der Waals surface area (Å²) in [5.41, 5.74) is 1.08. The first kappa shape index (κ1) is 15.1. The van der Waals surface area contributed by atoms with E-state index < -0.39 is 0 Å². The highest BCUT2D eigenvalue weighted by Crippen LogP contribution is 2.27. The molecule has 106 valence electrons. The molecule has 2 atom stereocenters. The molecule has 2 nitrogen and oxygen atoms in total. The standard InChI is InChI=1S/C15H21Cl2NO/c1-2-6-18-7-5-15(19)12(10-18)8-11-3-4-13(16)9-14(11)17/h3-4,9,12,15,19H,2,5-8,10H2,1H3. The Bertz CT molecular complexity index is 425. The second kappa shape index (κ2) is 6.94. The first-order chi connectivity index (χ1) is 9.10. The normalized spacial score (nSPS) is 24.6. The van der Waals surface area contributed by atoms with Gasteiger partial charge in [0.1, 0.15) is 0 Å². The number of hydrogen-bond donors (Lipinski definition) is 1. The predicted octanol–water partition coefficient (Wildman–Crippen LogP) is 3.63. The van der Waals surface area contributed by atoms with Crippen molar-refractivity contribution in [2.75, 3.05) is 19.6 Å². The van der Waals surface area contributed by atoms with Gasteiger partial charge in [-0.05, 0) is 43.5 Å². The van der Waals surface area contributed by atoms with Gasteiger partial charge in [0, 0.05) is 29.1 Å². The van der Waals surface area contributed by atoms with Gasteiger partial charge in [0.2, 0.25) is 0 Å². The van der Waals surface area contributed by atoms with Crippen LogP contribution in [0.15, 0.2) is 18.2 Å². The molecule has 1 aromatic carbocycles. The van der Waals surface area contributed by atoms with Crippen LogP contribution in [-0.4, -0.2) is 35.7 Å². The number of benzene rings is 1. The zero-order chi connectivity index (χ0) is 13.8. The second-order valence-corrected chi connectivity index (χ2v) is 6.20. The molecule has 0 aliphatic carbocycles. The summed E-state index contributed by atoms with van der Waals surface area (Å²) in [5, 5.41) is 11.5. The van der Waals surface area contributed by atoms with Crippen LogP contribution in [0, 0.1) is 5.92 Å². The summed E-state index contributed by atoms with van der Waals surface area (Å²) in [6.07, 6.45) is 2.61. The fourth-order valence-corrected chi connectivity index (χ4v) is 3.27. The van der Waals surface area contributed by atoms with Gasteiger partial charge in [0.15, 0.2) is 0 Å². The monoisotopic (exact) mass is 301 g/mol. The summed E-state index contributed by atoms with van der Waals surface area (Å²) in [6, 6.07) is 5.61. The lowest BCUT2D eigenvalue weighted by atomic mass is 9.88. The van der Waals surface area contributed by atoms with Crippen LogP contribution < -0.4 is 0 Å². The maximum absolute atomic E-state index is 10.2. The fourth-order valence-electron chi connectivity index (χ4n) is 2.78. The van der Waals surface area contributed by atoms with Crippen molar-refractivity contribution < 1.29 is 5.11 Å². The van der Waals surface area contributed by atoms with Crippen LogP contribution in [0.1, 0.15) is 25.3 Å². The van der Waals surface area contributed by atoms with Gasteiger partial charge in [0.05, 0.1) is 6.10 Å². The molecular weight excluding hydrogens is 281 g/mol. The summed E-state index contributed by atoms with van der Waals surface area (Å²) in [4.78, 5) is 2.43. The van der Waals surface area contributed by atoms with Crippen molar-refractivity contribution in [1.29, 1.82) is 0 Å². The Morgan fingerprint density at radius 1 is 1.37 bits per heavy atom. The molecule has 0 radical (unpaired) electrons. The van der Waals surface area contributed by atoms with Gasteiger partial charge in [-0.2, -0.15) is 0 Å². The Balaban J connectivity index is 2.03. The topological polar surface area (TPSA) is 23.5 Å². The predicted molar refractivity (Wildman–Crippen MR) is 81.0 cm³/mol. The fraction of sp³-hybridized carbons (Fsp3) is 0.600. The summed E-state index contributed by atoms with van der Waals surface area (Å²) >= 11 is 12.1. The van der Waals surface area contributed by atoms with E-state index in [1.807, 2.05) is 12.1 Å². The molecular formula is C15H21Cl2NO. The molecule has 2 rings (SSSR count). The molecule has 0 saturated carbocycles. The number of halogens is 2. The second-order valence-electron chi connectivity index (χ2n) is 5.36. The lowest BCUT2D eigenvalue weighted by molar-refractivity contribution is 0.0270. The van der Waals surface area contributed by atoms with E-state index in [4.69, 9.17) is 23.2 Å². The lowest BCUT2D eigenvalue weighted by Crippen LogP contribution is -2.44. The summed E-state index contributed by atoms with van der Waals surface area (Å²) in [7, 11) is 0. The number of nitrogens with zero attached hydrogens (tertiary/aromatic N) is 1. The zero-order valence-corrected chi connectivity index (χ0v) is 12.8. The van der Waals surface area contributed by atoms with Crippen LogP contribution >= 0.6 is 23.2 Å². The highest BCUT2D eigenvalue weighted by Gasteiger charge is 2.27. The van der Waals surface area contributed by atoms with Crippen LogP contribution in [0.2, 0.25) is 10.0 Å². The van der Waals surface area contributed by atoms with Gasteiger partial charge >= 0.3 is 0 Å². The van der Waals surface area contributed by atoms with Gasteiger partial charge in [-0.3, -0.25) is 0 Å². The number of hydrogen-bond acceptors (Lipinski definition) is 2. The number of rotatable bonds is 4. The van der Waals surface area contributed by atoms with Crippen LogP contribution in [0.4, 0.5) is 0 Å². The average Bonchev–Trinajstić information content (AvgIpc) is 2.37. The third-order valence-electron chi connectivity index (χ3n) is 3.82. The smallest absolute Gasteiger partial charge is 0.0596 e. The molecule has 1 fully saturated rings. The minimum atomic E-state index is -0.222. The molecule has 4 heteroatoms. The highest BCUT2D eigenvalue weighted by molar-refractivity contribution is 6.35. The largest absolute Gasteiger partial charge is 0.393 e. The highest BCUT2D eigenvalue weighted by atomic mass is 35.5. The van der Waals surface area contributed by atoms with E-state index in [-0.39, 0.29) is 12.0 Å². The SMILES string of the molecule is CCCN1CCC(O)C(Cc2ccc(Cl)cc2Cl)C1. The Kier molecular flexibility index (Phi) is 5.52. The lowest BCUT2D eigenvalue weighted by Gasteiger charge is -2.36. The number of aliphatic hydroxyl groups excluding tert-OH is 1. The zero-order valence-electron chi connectivity index (χ0n) is 11.3. The molecule has 0 bridgehead atoms. The molecule has 1 aliphatic heterocycles. The summed E-state index contributed by atoms with van der Waals surface area (Å²) in [5.74, 6) is 0.263. The van der Waals surface area contributed by atoms with Crippen molar-refractivity contribution in [3.05, 3.63) is 33.8 Å². The number of aliphatic hydroxyl groups is 1. The molecule has 1 aromatic rings. The van der Waals surface area contributed by atoms with Gasteiger partial charge in [-0.15, -0.1) is 0 Å². The molecule has 2 unspecified atom stereocenters. The number of likely N-dealkylation sites (tertiary alicyclic amines) is 1. The Hall–Kier alpha value is -0.280. The van der Waals surface area contributed by atoms with Crippen molar-refractivity contribution >= 4 is 23.2 Å². The minimum absolute atomic E-state index is 0.222. The molecule has 1 N–H and O–H groups in total. The van der Waals surface area contributed by atoms with Gasteiger partial charge in [-0.25, -0.2) is 0 Å². The van der Waals surface area contributed by atoms with Crippen LogP contribution in [-0.2, 0) is 6.42 Å². The van der Waals surface area contributed by atoms with E-state index in [1.54, 1.807) is 6.07 Å². The van der Waals surface area contributed by atoms with Gasteiger partial charge < -0.3 is 10.0 Å². The first-order valence-corrected chi connectivity index (χ1v) is 7.70. The van der Waals surface area contributed by atoms with E-state index in [0.717, 1.165) is 44.5 Å².